The standard InChI is InChI=1S/C11H12BrNOS/c1-3-11(2,14)10-4-7-8(12)5-13-6-9(7)15-10/h4-6,14H,3H2,1-2H3. The van der Waals surface area contributed by atoms with Crippen LogP contribution in [0.2, 0.25) is 0 Å². The highest BCUT2D eigenvalue weighted by molar-refractivity contribution is 9.10. The number of aromatic nitrogens is 1. The molecule has 1 N–H and O–H groups in total. The minimum absolute atomic E-state index is 0.713. The van der Waals surface area contributed by atoms with E-state index in [1.807, 2.05) is 26.1 Å². The Morgan fingerprint density at radius 2 is 2.27 bits per heavy atom. The summed E-state index contributed by atoms with van der Waals surface area (Å²) in [4.78, 5) is 5.11. The first kappa shape index (κ1) is 11.0. The van der Waals surface area contributed by atoms with Gasteiger partial charge in [-0.25, -0.2) is 0 Å². The Labute approximate surface area is 101 Å². The Morgan fingerprint density at radius 1 is 1.53 bits per heavy atom. The molecule has 0 saturated carbocycles. The van der Waals surface area contributed by atoms with Crippen molar-refractivity contribution < 1.29 is 5.11 Å². The molecule has 2 nitrogen and oxygen atoms in total. The fourth-order valence-corrected chi connectivity index (χ4v) is 3.12. The third-order valence-corrected chi connectivity index (χ3v) is 4.57. The smallest absolute Gasteiger partial charge is 0.0957 e. The van der Waals surface area contributed by atoms with Gasteiger partial charge in [0.05, 0.1) is 10.3 Å². The predicted molar refractivity (Wildman–Crippen MR) is 67.2 cm³/mol. The molecule has 0 amide bonds. The van der Waals surface area contributed by atoms with E-state index < -0.39 is 5.60 Å². The predicted octanol–water partition coefficient (Wildman–Crippen LogP) is 3.68. The molecule has 0 saturated heterocycles. The topological polar surface area (TPSA) is 33.1 Å². The van der Waals surface area contributed by atoms with Crippen LogP contribution in [-0.4, -0.2) is 10.1 Å². The number of halogens is 1. The SMILES string of the molecule is CCC(C)(O)c1cc2c(Br)cncc2s1. The van der Waals surface area contributed by atoms with E-state index in [1.54, 1.807) is 17.5 Å². The van der Waals surface area contributed by atoms with Crippen LogP contribution in [0.25, 0.3) is 10.1 Å². The monoisotopic (exact) mass is 285 g/mol. The Bertz CT molecular complexity index is 492. The molecule has 2 aromatic rings. The van der Waals surface area contributed by atoms with Crippen LogP contribution in [0.3, 0.4) is 0 Å². The van der Waals surface area contributed by atoms with Gasteiger partial charge in [-0.1, -0.05) is 6.92 Å². The fraction of sp³-hybridized carbons (Fsp3) is 0.364. The maximum Gasteiger partial charge on any atom is 0.0957 e. The molecule has 0 aromatic carbocycles. The van der Waals surface area contributed by atoms with E-state index in [-0.39, 0.29) is 0 Å². The number of rotatable bonds is 2. The number of thiophene rings is 1. The minimum atomic E-state index is -0.733. The highest BCUT2D eigenvalue weighted by atomic mass is 79.9. The molecule has 80 valence electrons. The van der Waals surface area contributed by atoms with Crippen LogP contribution in [0.15, 0.2) is 22.9 Å². The van der Waals surface area contributed by atoms with Crippen molar-refractivity contribution in [2.24, 2.45) is 0 Å². The number of nitrogens with zero attached hydrogens (tertiary/aromatic N) is 1. The zero-order valence-electron chi connectivity index (χ0n) is 8.62. The number of pyridine rings is 1. The third-order valence-electron chi connectivity index (χ3n) is 2.62. The van der Waals surface area contributed by atoms with Crippen LogP contribution >= 0.6 is 27.3 Å². The summed E-state index contributed by atoms with van der Waals surface area (Å²) < 4.78 is 2.09. The number of fused-ring (bicyclic) bond motifs is 1. The van der Waals surface area contributed by atoms with Gasteiger partial charge in [0, 0.05) is 27.1 Å². The van der Waals surface area contributed by atoms with Crippen LogP contribution in [0, 0.1) is 0 Å². The summed E-state index contributed by atoms with van der Waals surface area (Å²) in [7, 11) is 0. The maximum atomic E-state index is 10.2. The molecule has 2 aromatic heterocycles. The van der Waals surface area contributed by atoms with E-state index in [4.69, 9.17) is 0 Å². The fourth-order valence-electron chi connectivity index (χ4n) is 1.37. The van der Waals surface area contributed by atoms with E-state index in [0.717, 1.165) is 19.4 Å². The minimum Gasteiger partial charge on any atom is -0.385 e. The van der Waals surface area contributed by atoms with Gasteiger partial charge in [-0.15, -0.1) is 11.3 Å². The largest absolute Gasteiger partial charge is 0.385 e. The number of hydrogen-bond donors (Lipinski definition) is 1. The highest BCUT2D eigenvalue weighted by Crippen LogP contribution is 2.37. The van der Waals surface area contributed by atoms with E-state index in [2.05, 4.69) is 20.9 Å². The van der Waals surface area contributed by atoms with Crippen LogP contribution in [0.1, 0.15) is 25.1 Å². The van der Waals surface area contributed by atoms with Crippen molar-refractivity contribution in [1.29, 1.82) is 0 Å². The molecular formula is C11H12BrNOS. The molecule has 0 spiro atoms. The van der Waals surface area contributed by atoms with Crippen LogP contribution in [0.4, 0.5) is 0 Å². The first-order chi connectivity index (χ1) is 7.04. The highest BCUT2D eigenvalue weighted by Gasteiger charge is 2.23. The molecule has 15 heavy (non-hydrogen) atoms. The van der Waals surface area contributed by atoms with Gasteiger partial charge in [0.1, 0.15) is 0 Å². The van der Waals surface area contributed by atoms with Crippen molar-refractivity contribution >= 4 is 37.4 Å². The third kappa shape index (κ3) is 1.94. The first-order valence-corrected chi connectivity index (χ1v) is 6.41. The molecule has 4 heteroatoms. The summed E-state index contributed by atoms with van der Waals surface area (Å²) in [5.74, 6) is 0. The summed E-state index contributed by atoms with van der Waals surface area (Å²) in [6.45, 7) is 3.83. The van der Waals surface area contributed by atoms with Crippen molar-refractivity contribution in [3.63, 3.8) is 0 Å². The van der Waals surface area contributed by atoms with Gasteiger partial charge < -0.3 is 5.11 Å². The summed E-state index contributed by atoms with van der Waals surface area (Å²) >= 11 is 5.06. The molecule has 0 fully saturated rings. The number of aliphatic hydroxyl groups is 1. The molecule has 1 unspecified atom stereocenters. The Kier molecular flexibility index (Phi) is 2.83. The van der Waals surface area contributed by atoms with Crippen molar-refractivity contribution in [2.75, 3.05) is 0 Å². The summed E-state index contributed by atoms with van der Waals surface area (Å²) in [6, 6.07) is 2.04. The van der Waals surface area contributed by atoms with Crippen LogP contribution in [-0.2, 0) is 5.60 Å². The van der Waals surface area contributed by atoms with Crippen molar-refractivity contribution in [1.82, 2.24) is 4.98 Å². The lowest BCUT2D eigenvalue weighted by Gasteiger charge is -2.18. The lowest BCUT2D eigenvalue weighted by atomic mass is 10.0. The molecular weight excluding hydrogens is 274 g/mol. The average molecular weight is 286 g/mol. The summed E-state index contributed by atoms with van der Waals surface area (Å²) in [5, 5.41) is 11.3. The Hall–Kier alpha value is -0.450. The second kappa shape index (κ2) is 3.85. The van der Waals surface area contributed by atoms with Gasteiger partial charge in [0.15, 0.2) is 0 Å². The summed E-state index contributed by atoms with van der Waals surface area (Å²) in [5.41, 5.74) is -0.733. The van der Waals surface area contributed by atoms with E-state index in [9.17, 15) is 5.11 Å². The van der Waals surface area contributed by atoms with Gasteiger partial charge in [0.2, 0.25) is 0 Å². The van der Waals surface area contributed by atoms with Crippen molar-refractivity contribution in [3.05, 3.63) is 27.8 Å². The lowest BCUT2D eigenvalue weighted by molar-refractivity contribution is 0.0570. The van der Waals surface area contributed by atoms with Crippen LogP contribution in [0.5, 0.6) is 0 Å². The van der Waals surface area contributed by atoms with Gasteiger partial charge in [-0.2, -0.15) is 0 Å². The van der Waals surface area contributed by atoms with E-state index in [1.165, 1.54) is 0 Å². The van der Waals surface area contributed by atoms with E-state index >= 15 is 0 Å². The van der Waals surface area contributed by atoms with Gasteiger partial charge in [0.25, 0.3) is 0 Å². The molecule has 0 aliphatic heterocycles. The van der Waals surface area contributed by atoms with Gasteiger partial charge >= 0.3 is 0 Å². The second-order valence-corrected chi connectivity index (χ2v) is 5.71. The molecule has 0 aliphatic rings. The normalized spacial score (nSPS) is 15.5. The molecule has 0 aliphatic carbocycles. The number of hydrogen-bond acceptors (Lipinski definition) is 3. The first-order valence-electron chi connectivity index (χ1n) is 4.80. The maximum absolute atomic E-state index is 10.2. The molecule has 0 bridgehead atoms. The molecule has 2 heterocycles. The average Bonchev–Trinajstić information content (AvgIpc) is 2.64. The van der Waals surface area contributed by atoms with Gasteiger partial charge in [-0.3, -0.25) is 4.98 Å². The summed E-state index contributed by atoms with van der Waals surface area (Å²) in [6.07, 6.45) is 4.32. The van der Waals surface area contributed by atoms with E-state index in [0.29, 0.717) is 6.42 Å². The van der Waals surface area contributed by atoms with Crippen LogP contribution < -0.4 is 0 Å². The Morgan fingerprint density at radius 3 is 2.87 bits per heavy atom. The zero-order valence-corrected chi connectivity index (χ0v) is 11.0. The quantitative estimate of drug-likeness (QED) is 0.913. The van der Waals surface area contributed by atoms with Crippen molar-refractivity contribution in [2.45, 2.75) is 25.9 Å². The molecule has 2 rings (SSSR count). The Balaban J connectivity index is 2.62. The van der Waals surface area contributed by atoms with Gasteiger partial charge in [-0.05, 0) is 35.3 Å². The molecule has 1 atom stereocenters. The zero-order chi connectivity index (χ0) is 11.1. The lowest BCUT2D eigenvalue weighted by Crippen LogP contribution is -2.17. The second-order valence-electron chi connectivity index (χ2n) is 3.77. The van der Waals surface area contributed by atoms with Crippen molar-refractivity contribution in [3.8, 4) is 0 Å². The molecule has 0 radical (unpaired) electrons.